The summed E-state index contributed by atoms with van der Waals surface area (Å²) >= 11 is 1.18. The molecule has 0 spiro atoms. The lowest BCUT2D eigenvalue weighted by Crippen LogP contribution is -2.16. The van der Waals surface area contributed by atoms with Crippen molar-refractivity contribution in [2.45, 2.75) is 26.5 Å². The van der Waals surface area contributed by atoms with Gasteiger partial charge in [-0.1, -0.05) is 16.3 Å². The van der Waals surface area contributed by atoms with E-state index in [2.05, 4.69) is 15.0 Å². The number of imidazole rings is 1. The quantitative estimate of drug-likeness (QED) is 0.713. The van der Waals surface area contributed by atoms with Crippen LogP contribution in [0.5, 0.6) is 0 Å². The topological polar surface area (TPSA) is 113 Å². The van der Waals surface area contributed by atoms with Gasteiger partial charge in [0.2, 0.25) is 6.35 Å². The van der Waals surface area contributed by atoms with Gasteiger partial charge in [0.15, 0.2) is 22.7 Å². The third kappa shape index (κ3) is 5.23. The van der Waals surface area contributed by atoms with Crippen molar-refractivity contribution < 1.29 is 14.1 Å². The normalized spacial score (nSPS) is 13.2. The van der Waals surface area contributed by atoms with Crippen LogP contribution in [0, 0.1) is 0 Å². The van der Waals surface area contributed by atoms with E-state index in [-0.39, 0.29) is 17.6 Å². The van der Waals surface area contributed by atoms with Crippen LogP contribution in [0.4, 0.5) is 5.82 Å². The van der Waals surface area contributed by atoms with E-state index in [0.29, 0.717) is 35.4 Å². The number of hydrogen-bond acceptors (Lipinski definition) is 8. The van der Waals surface area contributed by atoms with Gasteiger partial charge in [-0.25, -0.2) is 15.0 Å². The molecular weight excluding hydrogens is 337 g/mol. The second kappa shape index (κ2) is 8.33. The highest BCUT2D eigenvalue weighted by molar-refractivity contribution is 8.13. The predicted molar refractivity (Wildman–Crippen MR) is 90.8 cm³/mol. The maximum absolute atomic E-state index is 11.8. The number of thioether (sulfide) groups is 1. The molecule has 0 aliphatic heterocycles. The van der Waals surface area contributed by atoms with Crippen molar-refractivity contribution in [2.75, 3.05) is 24.0 Å². The smallest absolute Gasteiger partial charge is 0.367 e. The summed E-state index contributed by atoms with van der Waals surface area (Å²) in [7, 11) is -1.46. The molecule has 23 heavy (non-hydrogen) atoms. The summed E-state index contributed by atoms with van der Waals surface area (Å²) in [5, 5.41) is 0.0379. The molecule has 0 amide bonds. The fraction of sp³-hybridized carbons (Fsp3) is 0.538. The first kappa shape index (κ1) is 17.8. The van der Waals surface area contributed by atoms with Crippen LogP contribution in [0.3, 0.4) is 0 Å². The van der Waals surface area contributed by atoms with Gasteiger partial charge >= 0.3 is 7.80 Å². The van der Waals surface area contributed by atoms with E-state index in [1.54, 1.807) is 6.33 Å². The van der Waals surface area contributed by atoms with Crippen LogP contribution in [0.2, 0.25) is 0 Å². The standard InChI is InChI=1S/C13H19N5O3PS/c1-9(21-8-22(20)3-4-23-10(2)19)5-18-7-17-11-12(14)15-6-16-13(11)18/h6-7,9H,3-5,8H2,1-2H3,(H2,14,15,16)/q+1/t9-/m1/s1. The fourth-order valence-corrected chi connectivity index (χ4v) is 3.95. The number of nitrogen functional groups attached to an aromatic ring is 1. The Hall–Kier alpha value is -1.57. The highest BCUT2D eigenvalue weighted by Gasteiger charge is 2.18. The number of ether oxygens (including phenoxy) is 1. The Morgan fingerprint density at radius 1 is 1.48 bits per heavy atom. The van der Waals surface area contributed by atoms with Crippen molar-refractivity contribution in [1.82, 2.24) is 19.5 Å². The van der Waals surface area contributed by atoms with E-state index in [9.17, 15) is 9.36 Å². The van der Waals surface area contributed by atoms with Gasteiger partial charge in [-0.15, -0.1) is 0 Å². The molecule has 2 heterocycles. The van der Waals surface area contributed by atoms with E-state index in [1.165, 1.54) is 25.0 Å². The zero-order valence-corrected chi connectivity index (χ0v) is 14.7. The van der Waals surface area contributed by atoms with Gasteiger partial charge in [0.25, 0.3) is 0 Å². The van der Waals surface area contributed by atoms with Crippen LogP contribution in [0.15, 0.2) is 12.7 Å². The monoisotopic (exact) mass is 356 g/mol. The largest absolute Gasteiger partial charge is 0.382 e. The molecule has 0 saturated carbocycles. The number of aromatic nitrogens is 4. The molecule has 0 bridgehead atoms. The molecule has 1 unspecified atom stereocenters. The van der Waals surface area contributed by atoms with Crippen molar-refractivity contribution in [3.05, 3.63) is 12.7 Å². The number of hydrogen-bond donors (Lipinski definition) is 1. The molecular formula is C13H19N5O3PS+. The number of anilines is 1. The molecule has 2 aromatic heterocycles. The van der Waals surface area contributed by atoms with Crippen molar-refractivity contribution in [2.24, 2.45) is 0 Å². The second-order valence-electron chi connectivity index (χ2n) is 4.98. The van der Waals surface area contributed by atoms with E-state index < -0.39 is 7.80 Å². The van der Waals surface area contributed by atoms with Crippen LogP contribution < -0.4 is 5.73 Å². The minimum atomic E-state index is -1.46. The number of nitrogens with two attached hydrogens (primary N) is 1. The van der Waals surface area contributed by atoms with E-state index in [0.717, 1.165) is 0 Å². The Kier molecular flexibility index (Phi) is 6.44. The van der Waals surface area contributed by atoms with Gasteiger partial charge in [-0.05, 0) is 6.92 Å². The molecule has 0 aliphatic rings. The minimum absolute atomic E-state index is 0.0379. The first-order chi connectivity index (χ1) is 11.0. The summed E-state index contributed by atoms with van der Waals surface area (Å²) in [5.41, 5.74) is 6.95. The van der Waals surface area contributed by atoms with Crippen molar-refractivity contribution in [3.8, 4) is 0 Å². The lowest BCUT2D eigenvalue weighted by molar-refractivity contribution is -0.109. The van der Waals surface area contributed by atoms with E-state index in [1.807, 2.05) is 11.5 Å². The highest BCUT2D eigenvalue weighted by Crippen LogP contribution is 2.23. The van der Waals surface area contributed by atoms with Gasteiger partial charge < -0.3 is 15.0 Å². The van der Waals surface area contributed by atoms with Crippen molar-refractivity contribution >= 4 is 41.7 Å². The number of carbonyl (C=O) groups is 1. The van der Waals surface area contributed by atoms with E-state index in [4.69, 9.17) is 10.5 Å². The Morgan fingerprint density at radius 3 is 3.00 bits per heavy atom. The lowest BCUT2D eigenvalue weighted by atomic mass is 10.4. The number of rotatable bonds is 8. The van der Waals surface area contributed by atoms with Crippen LogP contribution >= 0.6 is 19.6 Å². The maximum Gasteiger partial charge on any atom is 0.367 e. The summed E-state index contributed by atoms with van der Waals surface area (Å²) < 4.78 is 19.3. The molecule has 10 heteroatoms. The predicted octanol–water partition coefficient (Wildman–Crippen LogP) is 1.88. The number of carbonyl (C=O) groups excluding carboxylic acids is 1. The van der Waals surface area contributed by atoms with Crippen molar-refractivity contribution in [3.63, 3.8) is 0 Å². The maximum atomic E-state index is 11.8. The summed E-state index contributed by atoms with van der Waals surface area (Å²) in [6.07, 6.45) is 3.54. The molecule has 2 aromatic rings. The van der Waals surface area contributed by atoms with Gasteiger partial charge in [-0.2, -0.15) is 0 Å². The molecule has 8 nitrogen and oxygen atoms in total. The lowest BCUT2D eigenvalue weighted by Gasteiger charge is -2.10. The average Bonchev–Trinajstić information content (AvgIpc) is 2.89. The third-order valence-corrected chi connectivity index (χ3v) is 5.31. The van der Waals surface area contributed by atoms with Crippen molar-refractivity contribution in [1.29, 1.82) is 0 Å². The molecule has 0 radical (unpaired) electrons. The Labute approximate surface area is 139 Å². The zero-order valence-electron chi connectivity index (χ0n) is 13.0. The zero-order chi connectivity index (χ0) is 16.8. The Morgan fingerprint density at radius 2 is 2.26 bits per heavy atom. The molecule has 2 rings (SSSR count). The second-order valence-corrected chi connectivity index (χ2v) is 7.92. The van der Waals surface area contributed by atoms with Gasteiger partial charge in [-0.3, -0.25) is 4.79 Å². The molecule has 0 aliphatic carbocycles. The number of fused-ring (bicyclic) bond motifs is 1. The summed E-state index contributed by atoms with van der Waals surface area (Å²) in [6.45, 7) is 3.92. The Bertz CT molecular complexity index is 708. The minimum Gasteiger partial charge on any atom is -0.382 e. The molecule has 124 valence electrons. The van der Waals surface area contributed by atoms with Crippen LogP contribution in [0.25, 0.3) is 11.2 Å². The van der Waals surface area contributed by atoms with Gasteiger partial charge in [0.05, 0.1) is 19.0 Å². The summed E-state index contributed by atoms with van der Waals surface area (Å²) in [4.78, 5) is 23.1. The van der Waals surface area contributed by atoms with Crippen LogP contribution in [0.1, 0.15) is 13.8 Å². The fourth-order valence-electron chi connectivity index (χ4n) is 1.93. The van der Waals surface area contributed by atoms with Crippen LogP contribution in [-0.2, 0) is 20.6 Å². The molecule has 2 N–H and O–H groups in total. The van der Waals surface area contributed by atoms with Gasteiger partial charge in [0.1, 0.15) is 11.8 Å². The Balaban J connectivity index is 1.82. The van der Waals surface area contributed by atoms with Crippen LogP contribution in [-0.4, -0.2) is 49.0 Å². The SMILES string of the molecule is CC(=O)SCC[P+](=O)CO[C@H](C)Cn1cnc2c(N)ncnc21. The summed E-state index contributed by atoms with van der Waals surface area (Å²) in [5.74, 6) is 0.901. The average molecular weight is 356 g/mol. The third-order valence-electron chi connectivity index (χ3n) is 3.03. The molecule has 0 saturated heterocycles. The molecule has 0 aromatic carbocycles. The summed E-state index contributed by atoms with van der Waals surface area (Å²) in [6, 6.07) is 0. The van der Waals surface area contributed by atoms with E-state index >= 15 is 0 Å². The highest BCUT2D eigenvalue weighted by atomic mass is 32.2. The first-order valence-electron chi connectivity index (χ1n) is 7.05. The van der Waals surface area contributed by atoms with Gasteiger partial charge in [0, 0.05) is 12.7 Å². The molecule has 2 atom stereocenters. The number of nitrogens with zero attached hydrogens (tertiary/aromatic N) is 4. The molecule has 0 fully saturated rings. The first-order valence-corrected chi connectivity index (χ1v) is 9.67.